The van der Waals surface area contributed by atoms with Crippen LogP contribution in [0.25, 0.3) is 0 Å². The summed E-state index contributed by atoms with van der Waals surface area (Å²) in [5.41, 5.74) is 1.17. The van der Waals surface area contributed by atoms with E-state index in [4.69, 9.17) is 16.9 Å². The molecule has 2 heterocycles. The van der Waals surface area contributed by atoms with E-state index in [0.29, 0.717) is 29.9 Å². The molecule has 162 valence electrons. The molecule has 1 aromatic heterocycles. The molecule has 1 aliphatic heterocycles. The number of hydrogen-bond donors (Lipinski definition) is 1. The second-order valence-electron chi connectivity index (χ2n) is 6.74. The molecule has 0 saturated carbocycles. The second kappa shape index (κ2) is 9.92. The first-order valence-corrected chi connectivity index (χ1v) is 9.57. The number of nitrogens with one attached hydrogen (secondary N) is 1. The lowest BCUT2D eigenvalue weighted by Gasteiger charge is -2.31. The molecule has 0 fully saturated rings. The highest BCUT2D eigenvalue weighted by atomic mass is 35.5. The molecule has 0 radical (unpaired) electrons. The summed E-state index contributed by atoms with van der Waals surface area (Å²) in [5.74, 6) is -1.35. The fourth-order valence-corrected chi connectivity index (χ4v) is 3.65. The van der Waals surface area contributed by atoms with Crippen molar-refractivity contribution in [2.75, 3.05) is 25.0 Å². The normalized spacial score (nSPS) is 13.5. The van der Waals surface area contributed by atoms with Crippen molar-refractivity contribution in [3.8, 4) is 12.1 Å². The molecule has 31 heavy (non-hydrogen) atoms. The third-order valence-corrected chi connectivity index (χ3v) is 5.10. The van der Waals surface area contributed by atoms with Gasteiger partial charge in [-0.3, -0.25) is 4.90 Å². The largest absolute Gasteiger partial charge is 0.367 e. The molecular formula is C20H16ClF4N5O. The van der Waals surface area contributed by atoms with E-state index in [1.165, 1.54) is 0 Å². The second-order valence-corrected chi connectivity index (χ2v) is 7.10. The molecule has 11 heteroatoms. The van der Waals surface area contributed by atoms with Gasteiger partial charge in [0.05, 0.1) is 23.8 Å². The van der Waals surface area contributed by atoms with Gasteiger partial charge in [-0.05, 0) is 24.1 Å². The number of fused-ring (bicyclic) bond motifs is 1. The average molecular weight is 454 g/mol. The highest BCUT2D eigenvalue weighted by molar-refractivity contribution is 6.30. The number of pyridine rings is 1. The van der Waals surface area contributed by atoms with E-state index in [1.54, 1.807) is 11.0 Å². The van der Waals surface area contributed by atoms with E-state index in [2.05, 4.69) is 15.0 Å². The maximum atomic E-state index is 14.3. The number of nitrogens with zero attached hydrogens (tertiary/aromatic N) is 4. The van der Waals surface area contributed by atoms with Crippen molar-refractivity contribution in [3.63, 3.8) is 0 Å². The predicted octanol–water partition coefficient (Wildman–Crippen LogP) is 3.97. The van der Waals surface area contributed by atoms with Gasteiger partial charge in [0.25, 0.3) is 0 Å². The zero-order chi connectivity index (χ0) is 22.5. The van der Waals surface area contributed by atoms with Crippen LogP contribution in [0.5, 0.6) is 0 Å². The smallest absolute Gasteiger partial charge is 0.345 e. The third kappa shape index (κ3) is 5.23. The van der Waals surface area contributed by atoms with Gasteiger partial charge >= 0.3 is 6.61 Å². The Morgan fingerprint density at radius 1 is 1.19 bits per heavy atom. The molecule has 3 rings (SSSR count). The highest BCUT2D eigenvalue weighted by Crippen LogP contribution is 2.32. The number of anilines is 1. The maximum absolute atomic E-state index is 14.3. The number of alkyl halides is 2. The number of hydrogen-bond acceptors (Lipinski definition) is 6. The number of rotatable bonds is 7. The van der Waals surface area contributed by atoms with E-state index < -0.39 is 18.2 Å². The Morgan fingerprint density at radius 3 is 2.52 bits per heavy atom. The van der Waals surface area contributed by atoms with Crippen molar-refractivity contribution in [1.29, 1.82) is 10.5 Å². The fraction of sp³-hybridized carbons (Fsp3) is 0.350. The molecule has 0 aliphatic carbocycles. The Balaban J connectivity index is 1.85. The Bertz CT molecular complexity index is 1040. The number of ether oxygens (including phenoxy) is 1. The summed E-state index contributed by atoms with van der Waals surface area (Å²) in [6, 6.07) is 5.66. The molecule has 0 unspecified atom stereocenters. The quantitative estimate of drug-likeness (QED) is 0.388. The van der Waals surface area contributed by atoms with Gasteiger partial charge < -0.3 is 10.1 Å². The molecule has 2 aromatic rings. The summed E-state index contributed by atoms with van der Waals surface area (Å²) in [6.45, 7) is -2.63. The topological polar surface area (TPSA) is 85.0 Å². The van der Waals surface area contributed by atoms with Crippen LogP contribution < -0.4 is 5.32 Å². The average Bonchev–Trinajstić information content (AvgIpc) is 2.73. The van der Waals surface area contributed by atoms with Gasteiger partial charge in [0.1, 0.15) is 28.7 Å². The minimum Gasteiger partial charge on any atom is -0.367 e. The molecule has 1 N–H and O–H groups in total. The van der Waals surface area contributed by atoms with Crippen LogP contribution in [0.2, 0.25) is 5.15 Å². The van der Waals surface area contributed by atoms with E-state index in [1.807, 2.05) is 6.07 Å². The van der Waals surface area contributed by atoms with Gasteiger partial charge in [0.2, 0.25) is 0 Å². The lowest BCUT2D eigenvalue weighted by atomic mass is 9.96. The van der Waals surface area contributed by atoms with Crippen molar-refractivity contribution in [2.45, 2.75) is 26.1 Å². The van der Waals surface area contributed by atoms with E-state index >= 15 is 0 Å². The number of halogens is 5. The molecule has 0 amide bonds. The van der Waals surface area contributed by atoms with Crippen LogP contribution in [0, 0.1) is 34.3 Å². The van der Waals surface area contributed by atoms with Gasteiger partial charge in [0.15, 0.2) is 0 Å². The number of nitriles is 2. The molecule has 1 aromatic carbocycles. The summed E-state index contributed by atoms with van der Waals surface area (Å²) in [6.07, 6.45) is 0.377. The van der Waals surface area contributed by atoms with E-state index in [0.717, 1.165) is 12.1 Å². The van der Waals surface area contributed by atoms with Crippen molar-refractivity contribution < 1.29 is 22.3 Å². The van der Waals surface area contributed by atoms with Crippen LogP contribution in [0.15, 0.2) is 12.1 Å². The van der Waals surface area contributed by atoms with Gasteiger partial charge in [-0.2, -0.15) is 19.3 Å². The minimum atomic E-state index is -2.90. The Labute approximate surface area is 180 Å². The van der Waals surface area contributed by atoms with Crippen molar-refractivity contribution in [1.82, 2.24) is 9.88 Å². The third-order valence-electron chi connectivity index (χ3n) is 4.83. The predicted molar refractivity (Wildman–Crippen MR) is 103 cm³/mol. The summed E-state index contributed by atoms with van der Waals surface area (Å²) in [5, 5.41) is 21.1. The lowest BCUT2D eigenvalue weighted by Crippen LogP contribution is -2.32. The van der Waals surface area contributed by atoms with Gasteiger partial charge in [-0.1, -0.05) is 11.6 Å². The molecule has 0 saturated heterocycles. The van der Waals surface area contributed by atoms with Crippen LogP contribution in [-0.4, -0.2) is 36.2 Å². The van der Waals surface area contributed by atoms with Crippen LogP contribution in [-0.2, 0) is 24.2 Å². The van der Waals surface area contributed by atoms with Crippen LogP contribution >= 0.6 is 11.6 Å². The molecule has 6 nitrogen and oxygen atoms in total. The van der Waals surface area contributed by atoms with Gasteiger partial charge in [-0.25, -0.2) is 13.8 Å². The zero-order valence-electron chi connectivity index (χ0n) is 16.1. The first-order chi connectivity index (χ1) is 14.8. The minimum absolute atomic E-state index is 0.0174. The molecule has 1 aliphatic rings. The molecule has 0 atom stereocenters. The molecular weight excluding hydrogens is 438 g/mol. The zero-order valence-corrected chi connectivity index (χ0v) is 16.8. The first kappa shape index (κ1) is 22.8. The summed E-state index contributed by atoms with van der Waals surface area (Å²) in [7, 11) is 0. The number of benzene rings is 1. The fourth-order valence-electron chi connectivity index (χ4n) is 3.41. The SMILES string of the molecule is N#Cc1cc(F)c(CN2CCc3c(C#N)c(Cl)nc(NCCOC(F)F)c3C2)c(F)c1. The highest BCUT2D eigenvalue weighted by Gasteiger charge is 2.26. The summed E-state index contributed by atoms with van der Waals surface area (Å²) in [4.78, 5) is 5.91. The summed E-state index contributed by atoms with van der Waals surface area (Å²) >= 11 is 6.10. The van der Waals surface area contributed by atoms with Gasteiger partial charge in [-0.15, -0.1) is 0 Å². The van der Waals surface area contributed by atoms with Crippen molar-refractivity contribution in [2.24, 2.45) is 0 Å². The van der Waals surface area contributed by atoms with Crippen molar-refractivity contribution >= 4 is 17.4 Å². The monoisotopic (exact) mass is 453 g/mol. The maximum Gasteiger partial charge on any atom is 0.345 e. The first-order valence-electron chi connectivity index (χ1n) is 9.19. The Kier molecular flexibility index (Phi) is 7.29. The van der Waals surface area contributed by atoms with Gasteiger partial charge in [0, 0.05) is 37.3 Å². The van der Waals surface area contributed by atoms with Crippen molar-refractivity contribution in [3.05, 3.63) is 56.7 Å². The molecule has 0 spiro atoms. The van der Waals surface area contributed by atoms with E-state index in [-0.39, 0.29) is 48.1 Å². The Morgan fingerprint density at radius 2 is 1.90 bits per heavy atom. The summed E-state index contributed by atoms with van der Waals surface area (Å²) < 4.78 is 57.1. The molecule has 0 bridgehead atoms. The van der Waals surface area contributed by atoms with Crippen LogP contribution in [0.4, 0.5) is 23.4 Å². The Hall–Kier alpha value is -2.92. The number of aromatic nitrogens is 1. The van der Waals surface area contributed by atoms with Crippen LogP contribution in [0.3, 0.4) is 0 Å². The van der Waals surface area contributed by atoms with Crippen LogP contribution in [0.1, 0.15) is 27.8 Å². The van der Waals surface area contributed by atoms with E-state index in [9.17, 15) is 22.8 Å². The standard InChI is InChI=1S/C20H16ClF4N5O/c21-18-13(8-27)12-1-3-30(10-15-16(22)5-11(7-26)6-17(15)23)9-14(12)19(29-18)28-2-4-31-20(24)25/h5-6,20H,1-4,9-10H2,(H,28,29). The lowest BCUT2D eigenvalue weighted by molar-refractivity contribution is -0.125.